The van der Waals surface area contributed by atoms with Crippen LogP contribution in [-0.2, 0) is 43.1 Å². The van der Waals surface area contributed by atoms with E-state index in [2.05, 4.69) is 10.6 Å². The molecule has 2 aromatic rings. The third kappa shape index (κ3) is 20.0. The zero-order valence-electron chi connectivity index (χ0n) is 47.4. The Balaban J connectivity index is 0.000000297. The number of likely N-dealkylation sites (tertiary alicyclic amines) is 1. The number of hydrogen-bond acceptors (Lipinski definition) is 17. The number of Topliss-reactive ketones (excluding diaryl/α,β-unsaturated/α-hetero) is 6. The fourth-order valence-electron chi connectivity index (χ4n) is 10.5. The zero-order chi connectivity index (χ0) is 58.8. The summed E-state index contributed by atoms with van der Waals surface area (Å²) in [7, 11) is 0. The average molecular weight is 1200 g/mol. The summed E-state index contributed by atoms with van der Waals surface area (Å²) in [6.45, 7) is 13.1. The van der Waals surface area contributed by atoms with Gasteiger partial charge in [0.1, 0.15) is 29.9 Å². The molecular formula is C59H83ClN4O12S4. The molecule has 2 aromatic carbocycles. The van der Waals surface area contributed by atoms with Crippen LogP contribution in [0.4, 0.5) is 4.79 Å². The molecule has 0 aliphatic carbocycles. The van der Waals surface area contributed by atoms with Crippen molar-refractivity contribution in [3.05, 3.63) is 71.8 Å². The van der Waals surface area contributed by atoms with Gasteiger partial charge in [-0.1, -0.05) is 87.4 Å². The van der Waals surface area contributed by atoms with E-state index in [0.29, 0.717) is 62.7 Å². The molecule has 0 bridgehead atoms. The normalized spacial score (nSPS) is 20.9. The third-order valence-electron chi connectivity index (χ3n) is 14.6. The number of carbonyl (C=O) groups excluding carboxylic acids is 9. The molecular weight excluding hydrogens is 1120 g/mol. The monoisotopic (exact) mass is 1200 g/mol. The zero-order valence-corrected chi connectivity index (χ0v) is 51.4. The summed E-state index contributed by atoms with van der Waals surface area (Å²) < 4.78 is 6.93. The van der Waals surface area contributed by atoms with Gasteiger partial charge in [0.05, 0.1) is 20.2 Å². The molecule has 4 aliphatic heterocycles. The fourth-order valence-corrected chi connectivity index (χ4v) is 17.7. The number of thioether (sulfide) groups is 4. The van der Waals surface area contributed by atoms with Gasteiger partial charge in [0.25, 0.3) is 0 Å². The summed E-state index contributed by atoms with van der Waals surface area (Å²) in [6.07, 6.45) is 1.78. The van der Waals surface area contributed by atoms with E-state index in [1.807, 2.05) is 49.5 Å². The van der Waals surface area contributed by atoms with E-state index < -0.39 is 83.3 Å². The average Bonchev–Trinajstić information content (AvgIpc) is 3.96. The maximum Gasteiger partial charge on any atom is 0.410 e. The molecule has 21 heteroatoms. The molecule has 4 saturated heterocycles. The van der Waals surface area contributed by atoms with Crippen molar-refractivity contribution in [3.8, 4) is 0 Å². The fraction of sp³-hybridized carbons (Fsp3) is 0.644. The lowest BCUT2D eigenvalue weighted by Crippen LogP contribution is -2.45. The van der Waals surface area contributed by atoms with Crippen LogP contribution in [0.5, 0.6) is 0 Å². The van der Waals surface area contributed by atoms with Crippen molar-refractivity contribution in [2.24, 2.45) is 11.8 Å². The van der Waals surface area contributed by atoms with Crippen LogP contribution < -0.4 is 10.6 Å². The second-order valence-corrected chi connectivity index (χ2v) is 29.2. The van der Waals surface area contributed by atoms with Crippen LogP contribution in [-0.4, -0.2) is 146 Å². The summed E-state index contributed by atoms with van der Waals surface area (Å²) in [5, 5.41) is 27.2. The van der Waals surface area contributed by atoms with Gasteiger partial charge < -0.3 is 25.6 Å². The van der Waals surface area contributed by atoms with Gasteiger partial charge in [-0.25, -0.2) is 9.21 Å². The second-order valence-electron chi connectivity index (χ2n) is 22.3. The molecule has 2 spiro atoms. The smallest absolute Gasteiger partial charge is 0.410 e. The molecule has 16 nitrogen and oxygen atoms in total. The quantitative estimate of drug-likeness (QED) is 0.0642. The van der Waals surface area contributed by atoms with Gasteiger partial charge in [-0.2, -0.15) is 0 Å². The van der Waals surface area contributed by atoms with E-state index in [9.17, 15) is 53.4 Å². The summed E-state index contributed by atoms with van der Waals surface area (Å²) in [4.78, 5) is 117. The van der Waals surface area contributed by atoms with Crippen LogP contribution in [0.3, 0.4) is 0 Å². The Bertz CT molecular complexity index is 2440. The number of ketones is 6. The number of benzene rings is 2. The number of aliphatic hydroxyl groups is 2. The van der Waals surface area contributed by atoms with Gasteiger partial charge in [-0.15, -0.1) is 47.0 Å². The van der Waals surface area contributed by atoms with Crippen LogP contribution >= 0.6 is 58.8 Å². The molecule has 4 fully saturated rings. The summed E-state index contributed by atoms with van der Waals surface area (Å²) in [6, 6.07) is 15.0. The number of aliphatic hydroxyl groups excluding tert-OH is 2. The molecule has 6 rings (SSSR count). The van der Waals surface area contributed by atoms with Gasteiger partial charge in [0.15, 0.2) is 34.7 Å². The lowest BCUT2D eigenvalue weighted by Gasteiger charge is -2.32. The van der Waals surface area contributed by atoms with Crippen LogP contribution in [0.2, 0.25) is 0 Å². The van der Waals surface area contributed by atoms with Gasteiger partial charge in [-0.3, -0.25) is 43.3 Å². The first-order chi connectivity index (χ1) is 37.9. The highest BCUT2D eigenvalue weighted by molar-refractivity contribution is 8.19. The van der Waals surface area contributed by atoms with E-state index >= 15 is 0 Å². The van der Waals surface area contributed by atoms with Crippen LogP contribution in [0, 0.1) is 11.8 Å². The number of halogens is 1. The summed E-state index contributed by atoms with van der Waals surface area (Å²) in [5.41, 5.74) is 0.608. The molecule has 0 aromatic heterocycles. The number of carbonyl (C=O) groups is 9. The molecule has 4 N–H and O–H groups in total. The molecule has 0 saturated carbocycles. The minimum atomic E-state index is -1.42. The highest BCUT2D eigenvalue weighted by Crippen LogP contribution is 2.52. The second kappa shape index (κ2) is 31.8. The number of amides is 3. The van der Waals surface area contributed by atoms with Crippen molar-refractivity contribution in [1.29, 1.82) is 0 Å². The van der Waals surface area contributed by atoms with Crippen molar-refractivity contribution < 1.29 is 58.1 Å². The van der Waals surface area contributed by atoms with Crippen molar-refractivity contribution >= 4 is 111 Å². The van der Waals surface area contributed by atoms with Crippen molar-refractivity contribution in [2.45, 2.75) is 188 Å². The van der Waals surface area contributed by atoms with Crippen molar-refractivity contribution in [1.82, 2.24) is 20.0 Å². The molecule has 4 aliphatic rings. The van der Waals surface area contributed by atoms with Gasteiger partial charge in [0.2, 0.25) is 11.8 Å². The molecule has 4 unspecified atom stereocenters. The van der Waals surface area contributed by atoms with Gasteiger partial charge in [-0.05, 0) is 124 Å². The van der Waals surface area contributed by atoms with Gasteiger partial charge in [0, 0.05) is 58.0 Å². The Hall–Kier alpha value is -3.76. The first-order valence-electron chi connectivity index (χ1n) is 28.0. The molecule has 80 heavy (non-hydrogen) atoms. The Morgan fingerprint density at radius 2 is 1.01 bits per heavy atom. The first-order valence-corrected chi connectivity index (χ1v) is 32.3. The number of hydrogen-bond donors (Lipinski definition) is 4. The summed E-state index contributed by atoms with van der Waals surface area (Å²) >= 11 is 13.8. The Kier molecular flexibility index (Phi) is 26.6. The standard InChI is InChI=1S/C32H46N2O7S2.C27H37ClN2O5S2/c1-6-11-23(29(39)25(36)14-15-27(38)33-28(21(2)35)22-12-8-7-9-13-22)18-26(37)24-19-32(42-16-10-17-43-32)20-34(24)30(40)41-31(3,4)5;1-3-8-20(15-23(33)21-16-27(17-30(21)28)36-13-7-14-37-27)26(35)22(32)11-12-24(34)29-25(18(2)31)19-9-5-4-6-10-19/h7-9,12-13,23-24,28-29,39H,6,10-11,14-20H2,1-5H3,(H,33,38);4-6,9-10,20-21,25-26,35H,3,7-8,11-17H2,1-2H3,(H,29,34)/t23?,24-,28+,29?;20?,21-,25+,26?/m00/s1. The molecule has 0 radical (unpaired) electrons. The third-order valence-corrected chi connectivity index (χ3v) is 21.6. The highest BCUT2D eigenvalue weighted by atomic mass is 35.5. The molecule has 442 valence electrons. The Morgan fingerprint density at radius 1 is 0.625 bits per heavy atom. The van der Waals surface area contributed by atoms with E-state index in [1.54, 1.807) is 102 Å². The van der Waals surface area contributed by atoms with Gasteiger partial charge >= 0.3 is 6.09 Å². The number of rotatable bonds is 26. The largest absolute Gasteiger partial charge is 0.444 e. The predicted octanol–water partition coefficient (Wildman–Crippen LogP) is 9.41. The van der Waals surface area contributed by atoms with E-state index in [1.165, 1.54) is 13.8 Å². The maximum atomic E-state index is 13.8. The van der Waals surface area contributed by atoms with Crippen molar-refractivity contribution in [3.63, 3.8) is 0 Å². The molecule has 4 heterocycles. The molecule has 3 amide bonds. The van der Waals surface area contributed by atoms with E-state index in [0.717, 1.165) is 35.9 Å². The first kappa shape index (κ1) is 67.0. The van der Waals surface area contributed by atoms with Crippen LogP contribution in [0.1, 0.15) is 162 Å². The highest BCUT2D eigenvalue weighted by Gasteiger charge is 2.52. The lowest BCUT2D eigenvalue weighted by molar-refractivity contribution is -0.135. The topological polar surface area (TPSA) is 234 Å². The number of nitrogens with zero attached hydrogens (tertiary/aromatic N) is 2. The SMILES string of the molecule is CCCC(CC(=O)[C@@H]1CC2(CN1C(=O)OC(C)(C)C)SCCCS2)C(O)C(=O)CCC(=O)N[C@H](C(C)=O)c1ccccc1.CCCC(CC(=O)[C@@H]1CC2(CN1Cl)SCCCS2)C(O)C(=O)CCC(=O)N[C@H](C(C)=O)c1ccccc1. The van der Waals surface area contributed by atoms with E-state index in [4.69, 9.17) is 16.5 Å². The predicted molar refractivity (Wildman–Crippen MR) is 319 cm³/mol. The lowest BCUT2D eigenvalue weighted by atomic mass is 9.86. The molecule has 8 atom stereocenters. The minimum absolute atomic E-state index is 0.0474. The van der Waals surface area contributed by atoms with E-state index in [-0.39, 0.29) is 69.8 Å². The Morgan fingerprint density at radius 3 is 1.40 bits per heavy atom. The van der Waals surface area contributed by atoms with Crippen LogP contribution in [0.15, 0.2) is 60.7 Å². The van der Waals surface area contributed by atoms with Crippen LogP contribution in [0.25, 0.3) is 0 Å². The maximum absolute atomic E-state index is 13.8. The number of nitrogens with one attached hydrogen (secondary N) is 2. The summed E-state index contributed by atoms with van der Waals surface area (Å²) in [5.74, 6) is 0.333. The minimum Gasteiger partial charge on any atom is -0.444 e. The van der Waals surface area contributed by atoms with Crippen molar-refractivity contribution in [2.75, 3.05) is 36.1 Å². The Labute approximate surface area is 494 Å². The number of ether oxygens (including phenoxy) is 1.